The fourth-order valence-corrected chi connectivity index (χ4v) is 5.59. The Morgan fingerprint density at radius 1 is 0.974 bits per heavy atom. The first-order chi connectivity index (χ1) is 17.4. The first-order valence-electron chi connectivity index (χ1n) is 12.5. The minimum absolute atomic E-state index is 0.0367. The predicted molar refractivity (Wildman–Crippen MR) is 147 cm³/mol. The number of carbonyl (C=O) groups excluding carboxylic acids is 3. The minimum atomic E-state index is -3.87. The highest BCUT2D eigenvalue weighted by molar-refractivity contribution is 7.94. The Hall–Kier alpha value is -2.57. The first-order valence-corrected chi connectivity index (χ1v) is 16.1. The lowest BCUT2D eigenvalue weighted by atomic mass is 9.98. The number of carbonyl (C=O) groups is 3. The zero-order chi connectivity index (χ0) is 29.3. The van der Waals surface area contributed by atoms with Gasteiger partial charge >= 0.3 is 0 Å². The van der Waals surface area contributed by atoms with E-state index >= 15 is 0 Å². The number of nitrogens with two attached hydrogens (primary N) is 1. The average molecular weight is 572 g/mol. The molecule has 0 saturated carbocycles. The maximum atomic E-state index is 13.5. The van der Waals surface area contributed by atoms with Gasteiger partial charge < -0.3 is 11.1 Å². The molecule has 1 aromatic rings. The number of rotatable bonds is 14. The van der Waals surface area contributed by atoms with Gasteiger partial charge in [-0.1, -0.05) is 52.0 Å². The van der Waals surface area contributed by atoms with E-state index in [1.165, 1.54) is 25.1 Å². The standard InChI is InChI=1S/C26H41N3O7S2/c1-18(2)16-23(27)26(32)29(20(5)30)24(17-19(3)4)25(31)28-21(12-14-37(6,33)34)13-15-38(35,36)22-10-8-7-9-11-22/h7-11,13,15,18-19,21,23-24H,12,14,16-17,27H2,1-6H3,(H,28,31)/t21-,23-,24-/m0/s1. The summed E-state index contributed by atoms with van der Waals surface area (Å²) in [7, 11) is -7.30. The van der Waals surface area contributed by atoms with Crippen LogP contribution in [-0.2, 0) is 34.1 Å². The van der Waals surface area contributed by atoms with E-state index in [-0.39, 0.29) is 35.3 Å². The normalized spacial score (nSPS) is 14.9. The molecule has 10 nitrogen and oxygen atoms in total. The van der Waals surface area contributed by atoms with Gasteiger partial charge in [-0.25, -0.2) is 16.8 Å². The highest BCUT2D eigenvalue weighted by atomic mass is 32.2. The van der Waals surface area contributed by atoms with Gasteiger partial charge in [0.2, 0.25) is 17.7 Å². The fraction of sp³-hybridized carbons (Fsp3) is 0.577. The fourth-order valence-electron chi connectivity index (χ4n) is 3.82. The maximum Gasteiger partial charge on any atom is 0.246 e. The van der Waals surface area contributed by atoms with Gasteiger partial charge in [-0.15, -0.1) is 0 Å². The summed E-state index contributed by atoms with van der Waals surface area (Å²) in [5.74, 6) is -2.37. The molecule has 0 aliphatic heterocycles. The van der Waals surface area contributed by atoms with Gasteiger partial charge in [0.1, 0.15) is 15.9 Å². The Morgan fingerprint density at radius 2 is 1.53 bits per heavy atom. The van der Waals surface area contributed by atoms with Crippen molar-refractivity contribution in [2.75, 3.05) is 12.0 Å². The molecule has 0 aliphatic rings. The number of amides is 3. The molecule has 38 heavy (non-hydrogen) atoms. The van der Waals surface area contributed by atoms with Crippen molar-refractivity contribution in [1.29, 1.82) is 0 Å². The van der Waals surface area contributed by atoms with E-state index in [1.807, 2.05) is 27.7 Å². The van der Waals surface area contributed by atoms with Crippen molar-refractivity contribution in [3.8, 4) is 0 Å². The number of nitrogens with one attached hydrogen (secondary N) is 1. The van der Waals surface area contributed by atoms with E-state index in [1.54, 1.807) is 18.2 Å². The molecule has 3 N–H and O–H groups in total. The van der Waals surface area contributed by atoms with Crippen molar-refractivity contribution in [3.05, 3.63) is 41.8 Å². The van der Waals surface area contributed by atoms with E-state index in [4.69, 9.17) is 5.73 Å². The number of nitrogens with zero attached hydrogens (tertiary/aromatic N) is 1. The highest BCUT2D eigenvalue weighted by Gasteiger charge is 2.36. The molecule has 1 aromatic carbocycles. The van der Waals surface area contributed by atoms with E-state index in [9.17, 15) is 31.2 Å². The topological polar surface area (TPSA) is 161 Å². The molecule has 0 saturated heterocycles. The van der Waals surface area contributed by atoms with Crippen molar-refractivity contribution in [3.63, 3.8) is 0 Å². The summed E-state index contributed by atoms with van der Waals surface area (Å²) in [6.07, 6.45) is 2.58. The smallest absolute Gasteiger partial charge is 0.246 e. The van der Waals surface area contributed by atoms with Crippen LogP contribution in [0.15, 0.2) is 46.7 Å². The van der Waals surface area contributed by atoms with Crippen LogP contribution in [0.2, 0.25) is 0 Å². The van der Waals surface area contributed by atoms with E-state index in [0.717, 1.165) is 16.6 Å². The summed E-state index contributed by atoms with van der Waals surface area (Å²) in [4.78, 5) is 40.1. The lowest BCUT2D eigenvalue weighted by molar-refractivity contribution is -0.152. The van der Waals surface area contributed by atoms with Crippen LogP contribution in [0.4, 0.5) is 0 Å². The van der Waals surface area contributed by atoms with Crippen molar-refractivity contribution in [1.82, 2.24) is 10.2 Å². The zero-order valence-electron chi connectivity index (χ0n) is 23.0. The van der Waals surface area contributed by atoms with Gasteiger partial charge in [-0.2, -0.15) is 0 Å². The van der Waals surface area contributed by atoms with Crippen molar-refractivity contribution in [2.24, 2.45) is 17.6 Å². The lowest BCUT2D eigenvalue weighted by Gasteiger charge is -2.32. The molecule has 0 heterocycles. The molecular weight excluding hydrogens is 530 g/mol. The Morgan fingerprint density at radius 3 is 2.00 bits per heavy atom. The van der Waals surface area contributed by atoms with Gasteiger partial charge in [0, 0.05) is 24.6 Å². The SMILES string of the molecule is CC(=O)N(C(=O)[C@@H](N)CC(C)C)[C@@H](CC(C)C)C(=O)N[C@H](C=CS(=O)(=O)c1ccccc1)CCS(C)(=O)=O. The van der Waals surface area contributed by atoms with E-state index in [2.05, 4.69) is 5.32 Å². The molecule has 0 aliphatic carbocycles. The first kappa shape index (κ1) is 33.5. The van der Waals surface area contributed by atoms with Crippen LogP contribution < -0.4 is 11.1 Å². The summed E-state index contributed by atoms with van der Waals surface area (Å²) in [5, 5.41) is 3.56. The number of benzene rings is 1. The Balaban J connectivity index is 3.35. The molecule has 0 aromatic heterocycles. The third kappa shape index (κ3) is 11.4. The summed E-state index contributed by atoms with van der Waals surface area (Å²) in [5.41, 5.74) is 6.05. The molecule has 1 rings (SSSR count). The van der Waals surface area contributed by atoms with Crippen LogP contribution >= 0.6 is 0 Å². The molecule has 3 atom stereocenters. The average Bonchev–Trinajstić information content (AvgIpc) is 2.79. The van der Waals surface area contributed by atoms with Gasteiger partial charge in [0.15, 0.2) is 9.84 Å². The van der Waals surface area contributed by atoms with Crippen molar-refractivity contribution < 1.29 is 31.2 Å². The van der Waals surface area contributed by atoms with Crippen LogP contribution in [0.1, 0.15) is 53.9 Å². The second kappa shape index (κ2) is 14.5. The Labute approximate surface area is 226 Å². The van der Waals surface area contributed by atoms with E-state index in [0.29, 0.717) is 6.42 Å². The second-order valence-electron chi connectivity index (χ2n) is 10.3. The largest absolute Gasteiger partial charge is 0.348 e. The van der Waals surface area contributed by atoms with Crippen molar-refractivity contribution in [2.45, 2.75) is 76.9 Å². The zero-order valence-corrected chi connectivity index (χ0v) is 24.6. The Bertz CT molecular complexity index is 1190. The van der Waals surface area contributed by atoms with Crippen LogP contribution in [0.5, 0.6) is 0 Å². The lowest BCUT2D eigenvalue weighted by Crippen LogP contribution is -2.57. The maximum absolute atomic E-state index is 13.5. The molecule has 12 heteroatoms. The van der Waals surface area contributed by atoms with E-state index < -0.39 is 55.5 Å². The highest BCUT2D eigenvalue weighted by Crippen LogP contribution is 2.17. The van der Waals surface area contributed by atoms with Gasteiger partial charge in [0.05, 0.1) is 16.7 Å². The summed E-state index contributed by atoms with van der Waals surface area (Å²) >= 11 is 0. The third-order valence-electron chi connectivity index (χ3n) is 5.62. The quantitative estimate of drug-likeness (QED) is 0.343. The molecule has 0 radical (unpaired) electrons. The predicted octanol–water partition coefficient (Wildman–Crippen LogP) is 2.06. The van der Waals surface area contributed by atoms with Crippen LogP contribution in [-0.4, -0.2) is 69.6 Å². The second-order valence-corrected chi connectivity index (χ2v) is 14.4. The molecule has 0 bridgehead atoms. The molecule has 3 amide bonds. The Kier molecular flexibility index (Phi) is 12.8. The number of hydrogen-bond acceptors (Lipinski definition) is 8. The molecule has 0 spiro atoms. The van der Waals surface area contributed by atoms with Crippen LogP contribution in [0.3, 0.4) is 0 Å². The van der Waals surface area contributed by atoms with Crippen LogP contribution in [0.25, 0.3) is 0 Å². The number of imide groups is 1. The monoisotopic (exact) mass is 571 g/mol. The van der Waals surface area contributed by atoms with Gasteiger partial charge in [-0.05, 0) is 43.2 Å². The van der Waals surface area contributed by atoms with Crippen molar-refractivity contribution >= 4 is 37.4 Å². The molecular formula is C26H41N3O7S2. The molecule has 0 fully saturated rings. The molecule has 214 valence electrons. The molecule has 0 unspecified atom stereocenters. The number of sulfone groups is 2. The van der Waals surface area contributed by atoms with Gasteiger partial charge in [-0.3, -0.25) is 19.3 Å². The minimum Gasteiger partial charge on any atom is -0.348 e. The third-order valence-corrected chi connectivity index (χ3v) is 8.04. The summed E-state index contributed by atoms with van der Waals surface area (Å²) in [6.45, 7) is 8.58. The summed E-state index contributed by atoms with van der Waals surface area (Å²) in [6, 6.07) is 4.44. The number of hydrogen-bond donors (Lipinski definition) is 2. The summed E-state index contributed by atoms with van der Waals surface area (Å²) < 4.78 is 49.1. The van der Waals surface area contributed by atoms with Crippen LogP contribution in [0, 0.1) is 11.8 Å². The van der Waals surface area contributed by atoms with Gasteiger partial charge in [0.25, 0.3) is 0 Å².